The first kappa shape index (κ1) is 13.7. The maximum absolute atomic E-state index is 9.03. The second-order valence-electron chi connectivity index (χ2n) is 4.12. The van der Waals surface area contributed by atoms with E-state index in [1.54, 1.807) is 0 Å². The van der Waals surface area contributed by atoms with E-state index in [9.17, 15) is 0 Å². The number of aliphatic hydroxyl groups excluding tert-OH is 1. The summed E-state index contributed by atoms with van der Waals surface area (Å²) in [5.41, 5.74) is 1.77. The largest absolute Gasteiger partial charge is 0.395 e. The lowest BCUT2D eigenvalue weighted by atomic mass is 10.1. The molecule has 1 rings (SSSR count). The molecule has 0 aliphatic carbocycles. The second kappa shape index (κ2) is 7.83. The first-order valence-electron chi connectivity index (χ1n) is 6.13. The van der Waals surface area contributed by atoms with Crippen molar-refractivity contribution in [3.63, 3.8) is 0 Å². The zero-order valence-electron chi connectivity index (χ0n) is 10.4. The number of unbranched alkanes of at least 4 members (excludes halogenated alkanes) is 1. The van der Waals surface area contributed by atoms with Crippen molar-refractivity contribution in [2.45, 2.75) is 26.3 Å². The predicted molar refractivity (Wildman–Crippen MR) is 68.4 cm³/mol. The van der Waals surface area contributed by atoms with Crippen LogP contribution in [0.5, 0.6) is 0 Å². The summed E-state index contributed by atoms with van der Waals surface area (Å²) in [6, 6.07) is 9.86. The topological polar surface area (TPSA) is 47.3 Å². The molecule has 0 fully saturated rings. The van der Waals surface area contributed by atoms with Crippen molar-refractivity contribution >= 4 is 0 Å². The van der Waals surface area contributed by atoms with Gasteiger partial charge in [-0.1, -0.05) is 31.5 Å². The van der Waals surface area contributed by atoms with Gasteiger partial charge in [0, 0.05) is 13.1 Å². The van der Waals surface area contributed by atoms with Gasteiger partial charge in [-0.25, -0.2) is 0 Å². The van der Waals surface area contributed by atoms with Gasteiger partial charge in [-0.3, -0.25) is 4.90 Å². The van der Waals surface area contributed by atoms with Gasteiger partial charge in [0.15, 0.2) is 0 Å². The van der Waals surface area contributed by atoms with E-state index in [4.69, 9.17) is 10.4 Å². The van der Waals surface area contributed by atoms with Crippen LogP contribution in [0.4, 0.5) is 0 Å². The van der Waals surface area contributed by atoms with Gasteiger partial charge in [-0.15, -0.1) is 0 Å². The van der Waals surface area contributed by atoms with E-state index >= 15 is 0 Å². The van der Waals surface area contributed by atoms with E-state index in [1.165, 1.54) is 0 Å². The highest BCUT2D eigenvalue weighted by molar-refractivity contribution is 5.37. The van der Waals surface area contributed by atoms with Crippen LogP contribution in [0, 0.1) is 11.3 Å². The van der Waals surface area contributed by atoms with E-state index in [-0.39, 0.29) is 6.61 Å². The molecule has 0 amide bonds. The van der Waals surface area contributed by atoms with Crippen LogP contribution in [0.3, 0.4) is 0 Å². The monoisotopic (exact) mass is 232 g/mol. The Kier molecular flexibility index (Phi) is 6.31. The van der Waals surface area contributed by atoms with E-state index in [0.29, 0.717) is 6.54 Å². The Labute approximate surface area is 103 Å². The molecule has 0 aliphatic rings. The van der Waals surface area contributed by atoms with Crippen molar-refractivity contribution in [2.75, 3.05) is 19.7 Å². The maximum atomic E-state index is 9.03. The average Bonchev–Trinajstić information content (AvgIpc) is 2.37. The van der Waals surface area contributed by atoms with Crippen molar-refractivity contribution in [1.82, 2.24) is 4.90 Å². The van der Waals surface area contributed by atoms with Crippen LogP contribution < -0.4 is 0 Å². The molecule has 3 heteroatoms. The van der Waals surface area contributed by atoms with Gasteiger partial charge in [0.25, 0.3) is 0 Å². The van der Waals surface area contributed by atoms with Gasteiger partial charge < -0.3 is 5.11 Å². The first-order chi connectivity index (χ1) is 8.31. The number of nitriles is 1. The Morgan fingerprint density at radius 1 is 1.29 bits per heavy atom. The van der Waals surface area contributed by atoms with Crippen LogP contribution in [0.25, 0.3) is 0 Å². The third-order valence-corrected chi connectivity index (χ3v) is 2.78. The maximum Gasteiger partial charge on any atom is 0.0995 e. The molecule has 17 heavy (non-hydrogen) atoms. The van der Waals surface area contributed by atoms with Gasteiger partial charge in [-0.05, 0) is 24.6 Å². The third kappa shape index (κ3) is 4.56. The lowest BCUT2D eigenvalue weighted by Gasteiger charge is -2.21. The van der Waals surface area contributed by atoms with Gasteiger partial charge in [0.05, 0.1) is 18.2 Å². The smallest absolute Gasteiger partial charge is 0.0995 e. The number of rotatable bonds is 7. The summed E-state index contributed by atoms with van der Waals surface area (Å²) in [5, 5.41) is 18.1. The summed E-state index contributed by atoms with van der Waals surface area (Å²) in [6.45, 7) is 4.69. The molecule has 3 nitrogen and oxygen atoms in total. The molecule has 0 atom stereocenters. The van der Waals surface area contributed by atoms with Gasteiger partial charge in [0.2, 0.25) is 0 Å². The Balaban J connectivity index is 2.68. The fraction of sp³-hybridized carbons (Fsp3) is 0.500. The summed E-state index contributed by atoms with van der Waals surface area (Å²) < 4.78 is 0. The van der Waals surface area contributed by atoms with E-state index in [0.717, 1.165) is 37.1 Å². The highest BCUT2D eigenvalue weighted by Gasteiger charge is 2.07. The van der Waals surface area contributed by atoms with Crippen LogP contribution >= 0.6 is 0 Å². The van der Waals surface area contributed by atoms with Crippen LogP contribution in [-0.4, -0.2) is 29.7 Å². The predicted octanol–water partition coefficient (Wildman–Crippen LogP) is 2.15. The summed E-state index contributed by atoms with van der Waals surface area (Å²) in [4.78, 5) is 2.19. The molecule has 0 spiro atoms. The Hall–Kier alpha value is -1.37. The SMILES string of the molecule is CCCCN(CCO)Cc1ccccc1C#N. The molecule has 0 saturated carbocycles. The van der Waals surface area contributed by atoms with Crippen LogP contribution in [0.2, 0.25) is 0 Å². The molecule has 0 bridgehead atoms. The Morgan fingerprint density at radius 2 is 2.06 bits per heavy atom. The zero-order valence-corrected chi connectivity index (χ0v) is 10.4. The fourth-order valence-corrected chi connectivity index (χ4v) is 1.80. The molecule has 0 radical (unpaired) electrons. The molecule has 1 aromatic carbocycles. The van der Waals surface area contributed by atoms with Gasteiger partial charge in [-0.2, -0.15) is 5.26 Å². The van der Waals surface area contributed by atoms with E-state index in [2.05, 4.69) is 17.9 Å². The van der Waals surface area contributed by atoms with Crippen molar-refractivity contribution in [1.29, 1.82) is 5.26 Å². The number of aliphatic hydroxyl groups is 1. The molecule has 0 unspecified atom stereocenters. The number of hydrogen-bond donors (Lipinski definition) is 1. The van der Waals surface area contributed by atoms with Gasteiger partial charge >= 0.3 is 0 Å². The molecular weight excluding hydrogens is 212 g/mol. The normalized spacial score (nSPS) is 10.5. The van der Waals surface area contributed by atoms with Crippen molar-refractivity contribution in [2.24, 2.45) is 0 Å². The molecule has 0 aliphatic heterocycles. The van der Waals surface area contributed by atoms with Crippen LogP contribution in [0.15, 0.2) is 24.3 Å². The standard InChI is InChI=1S/C14H20N2O/c1-2-3-8-16(9-10-17)12-14-7-5-4-6-13(14)11-15/h4-7,17H,2-3,8-10,12H2,1H3. The van der Waals surface area contributed by atoms with E-state index in [1.807, 2.05) is 24.3 Å². The molecule has 92 valence electrons. The molecule has 1 N–H and O–H groups in total. The lowest BCUT2D eigenvalue weighted by Crippen LogP contribution is -2.27. The number of benzene rings is 1. The first-order valence-corrected chi connectivity index (χ1v) is 6.13. The molecule has 1 aromatic rings. The molecule has 0 heterocycles. The summed E-state index contributed by atoms with van der Waals surface area (Å²) in [6.07, 6.45) is 2.26. The Morgan fingerprint density at radius 3 is 2.71 bits per heavy atom. The highest BCUT2D eigenvalue weighted by Crippen LogP contribution is 2.11. The lowest BCUT2D eigenvalue weighted by molar-refractivity contribution is 0.188. The van der Waals surface area contributed by atoms with Crippen molar-refractivity contribution in [3.05, 3.63) is 35.4 Å². The quantitative estimate of drug-likeness (QED) is 0.783. The van der Waals surface area contributed by atoms with Crippen molar-refractivity contribution in [3.8, 4) is 6.07 Å². The Bertz CT molecular complexity index is 371. The summed E-state index contributed by atoms with van der Waals surface area (Å²) >= 11 is 0. The van der Waals surface area contributed by atoms with Crippen molar-refractivity contribution < 1.29 is 5.11 Å². The third-order valence-electron chi connectivity index (χ3n) is 2.78. The average molecular weight is 232 g/mol. The van der Waals surface area contributed by atoms with Gasteiger partial charge in [0.1, 0.15) is 0 Å². The van der Waals surface area contributed by atoms with Crippen LogP contribution in [0.1, 0.15) is 30.9 Å². The molecular formula is C14H20N2O. The minimum atomic E-state index is 0.165. The fourth-order valence-electron chi connectivity index (χ4n) is 1.80. The minimum absolute atomic E-state index is 0.165. The number of hydrogen-bond acceptors (Lipinski definition) is 3. The van der Waals surface area contributed by atoms with Crippen LogP contribution in [-0.2, 0) is 6.54 Å². The summed E-state index contributed by atoms with van der Waals surface area (Å²) in [7, 11) is 0. The summed E-state index contributed by atoms with van der Waals surface area (Å²) in [5.74, 6) is 0. The highest BCUT2D eigenvalue weighted by atomic mass is 16.3. The zero-order chi connectivity index (χ0) is 12.5. The number of nitrogens with zero attached hydrogens (tertiary/aromatic N) is 2. The molecule has 0 aromatic heterocycles. The van der Waals surface area contributed by atoms with E-state index < -0.39 is 0 Å². The molecule has 0 saturated heterocycles. The second-order valence-corrected chi connectivity index (χ2v) is 4.12. The minimum Gasteiger partial charge on any atom is -0.395 e.